The van der Waals surface area contributed by atoms with Gasteiger partial charge in [-0.3, -0.25) is 9.36 Å². The predicted molar refractivity (Wildman–Crippen MR) is 115 cm³/mol. The van der Waals surface area contributed by atoms with Crippen molar-refractivity contribution in [3.8, 4) is 11.6 Å². The Hall–Kier alpha value is -3.06. The lowest BCUT2D eigenvalue weighted by molar-refractivity contribution is -0.119. The zero-order valence-corrected chi connectivity index (χ0v) is 17.1. The summed E-state index contributed by atoms with van der Waals surface area (Å²) in [5, 5.41) is 14.6. The fourth-order valence-electron chi connectivity index (χ4n) is 3.39. The maximum absolute atomic E-state index is 12.6. The lowest BCUT2D eigenvalue weighted by atomic mass is 10.00. The molecule has 4 aromatic rings. The first-order chi connectivity index (χ1) is 14.2. The molecule has 1 amide bonds. The summed E-state index contributed by atoms with van der Waals surface area (Å²) in [6.45, 7) is 4.72. The highest BCUT2D eigenvalue weighted by atomic mass is 32.2. The summed E-state index contributed by atoms with van der Waals surface area (Å²) in [6, 6.07) is 18.0. The first-order valence-corrected chi connectivity index (χ1v) is 10.5. The third kappa shape index (κ3) is 4.05. The van der Waals surface area contributed by atoms with Gasteiger partial charge in [-0.25, -0.2) is 0 Å². The molecule has 1 atom stereocenters. The highest BCUT2D eigenvalue weighted by molar-refractivity contribution is 7.99. The third-order valence-electron chi connectivity index (χ3n) is 4.77. The average molecular weight is 407 g/mol. The van der Waals surface area contributed by atoms with Crippen LogP contribution in [-0.2, 0) is 11.3 Å². The first kappa shape index (κ1) is 19.3. The fraction of sp³-hybridized carbons (Fsp3) is 0.227. The summed E-state index contributed by atoms with van der Waals surface area (Å²) in [5.41, 5.74) is 1.11. The highest BCUT2D eigenvalue weighted by Crippen LogP contribution is 2.26. The Morgan fingerprint density at radius 2 is 1.97 bits per heavy atom. The van der Waals surface area contributed by atoms with Crippen LogP contribution >= 0.6 is 11.8 Å². The van der Waals surface area contributed by atoms with Gasteiger partial charge in [0, 0.05) is 6.54 Å². The topological polar surface area (TPSA) is 73.0 Å². The van der Waals surface area contributed by atoms with E-state index in [2.05, 4.69) is 39.8 Å². The first-order valence-electron chi connectivity index (χ1n) is 9.54. The number of nitrogens with zero attached hydrogens (tertiary/aromatic N) is 3. The van der Waals surface area contributed by atoms with E-state index < -0.39 is 0 Å². The van der Waals surface area contributed by atoms with Crippen molar-refractivity contribution in [1.82, 2.24) is 20.1 Å². The van der Waals surface area contributed by atoms with Gasteiger partial charge in [0.25, 0.3) is 0 Å². The largest absolute Gasteiger partial charge is 0.461 e. The van der Waals surface area contributed by atoms with Gasteiger partial charge in [-0.1, -0.05) is 54.2 Å². The number of rotatable bonds is 7. The van der Waals surface area contributed by atoms with Crippen LogP contribution in [0.4, 0.5) is 0 Å². The van der Waals surface area contributed by atoms with Crippen molar-refractivity contribution in [2.75, 3.05) is 5.75 Å². The third-order valence-corrected chi connectivity index (χ3v) is 5.74. The van der Waals surface area contributed by atoms with Crippen LogP contribution in [0.15, 0.2) is 70.4 Å². The second-order valence-corrected chi connectivity index (χ2v) is 7.62. The van der Waals surface area contributed by atoms with Crippen molar-refractivity contribution in [2.45, 2.75) is 31.6 Å². The molecule has 0 fully saturated rings. The van der Waals surface area contributed by atoms with Crippen molar-refractivity contribution >= 4 is 28.4 Å². The Morgan fingerprint density at radius 3 is 2.76 bits per heavy atom. The van der Waals surface area contributed by atoms with Crippen LogP contribution in [0.3, 0.4) is 0 Å². The van der Waals surface area contributed by atoms with Gasteiger partial charge >= 0.3 is 0 Å². The number of hydrogen-bond donors (Lipinski definition) is 1. The second kappa shape index (κ2) is 8.53. The molecule has 2 aromatic carbocycles. The Kier molecular flexibility index (Phi) is 5.67. The van der Waals surface area contributed by atoms with Gasteiger partial charge in [0.2, 0.25) is 5.91 Å². The maximum atomic E-state index is 12.6. The molecular weight excluding hydrogens is 384 g/mol. The minimum Gasteiger partial charge on any atom is -0.461 e. The minimum absolute atomic E-state index is 0.0411. The van der Waals surface area contributed by atoms with Gasteiger partial charge in [0.15, 0.2) is 16.7 Å². The molecule has 0 aliphatic rings. The molecule has 0 spiro atoms. The molecule has 0 aliphatic carbocycles. The van der Waals surface area contributed by atoms with Crippen molar-refractivity contribution in [3.05, 3.63) is 66.4 Å². The maximum Gasteiger partial charge on any atom is 0.230 e. The van der Waals surface area contributed by atoms with Crippen LogP contribution in [0.5, 0.6) is 0 Å². The number of aromatic nitrogens is 3. The summed E-state index contributed by atoms with van der Waals surface area (Å²) in [7, 11) is 0. The highest BCUT2D eigenvalue weighted by Gasteiger charge is 2.17. The van der Waals surface area contributed by atoms with E-state index in [0.29, 0.717) is 23.3 Å². The average Bonchev–Trinajstić information content (AvgIpc) is 3.41. The zero-order chi connectivity index (χ0) is 20.2. The van der Waals surface area contributed by atoms with Gasteiger partial charge in [-0.2, -0.15) is 0 Å². The molecule has 2 heterocycles. The Labute approximate surface area is 173 Å². The van der Waals surface area contributed by atoms with E-state index in [1.807, 2.05) is 48.7 Å². The number of hydrogen-bond acceptors (Lipinski definition) is 5. The quantitative estimate of drug-likeness (QED) is 0.451. The van der Waals surface area contributed by atoms with E-state index in [1.165, 1.54) is 17.1 Å². The monoisotopic (exact) mass is 406 g/mol. The van der Waals surface area contributed by atoms with Gasteiger partial charge in [-0.05, 0) is 42.3 Å². The molecule has 0 saturated heterocycles. The Bertz CT molecular complexity index is 1120. The number of nitrogens with one attached hydrogen (secondary N) is 1. The summed E-state index contributed by atoms with van der Waals surface area (Å²) < 4.78 is 7.38. The molecule has 148 valence electrons. The SMILES string of the molecule is CCn1c(SCC(=O)NC(C)c2cccc3ccccc23)nnc1-c1ccco1. The van der Waals surface area contributed by atoms with Crippen LogP contribution in [0.2, 0.25) is 0 Å². The molecule has 0 radical (unpaired) electrons. The Balaban J connectivity index is 1.43. The summed E-state index contributed by atoms with van der Waals surface area (Å²) >= 11 is 1.37. The van der Waals surface area contributed by atoms with Gasteiger partial charge in [0.05, 0.1) is 18.1 Å². The van der Waals surface area contributed by atoms with Crippen LogP contribution in [0.25, 0.3) is 22.4 Å². The van der Waals surface area contributed by atoms with E-state index in [-0.39, 0.29) is 17.7 Å². The second-order valence-electron chi connectivity index (χ2n) is 6.67. The molecule has 0 aliphatic heterocycles. The van der Waals surface area contributed by atoms with Gasteiger partial charge in [0.1, 0.15) is 0 Å². The molecular formula is C22H22N4O2S. The number of thioether (sulfide) groups is 1. The van der Waals surface area contributed by atoms with Crippen LogP contribution < -0.4 is 5.32 Å². The van der Waals surface area contributed by atoms with Gasteiger partial charge < -0.3 is 9.73 Å². The number of carbonyl (C=O) groups excluding carboxylic acids is 1. The van der Waals surface area contributed by atoms with E-state index in [4.69, 9.17) is 4.42 Å². The van der Waals surface area contributed by atoms with E-state index >= 15 is 0 Å². The summed E-state index contributed by atoms with van der Waals surface area (Å²) in [4.78, 5) is 12.6. The van der Waals surface area contributed by atoms with Gasteiger partial charge in [-0.15, -0.1) is 10.2 Å². The molecule has 0 saturated carbocycles. The molecule has 1 unspecified atom stereocenters. The fourth-order valence-corrected chi connectivity index (χ4v) is 4.20. The number of benzene rings is 2. The smallest absolute Gasteiger partial charge is 0.230 e. The number of fused-ring (bicyclic) bond motifs is 1. The van der Waals surface area contributed by atoms with Crippen molar-refractivity contribution in [1.29, 1.82) is 0 Å². The summed E-state index contributed by atoms with van der Waals surface area (Å²) in [5.74, 6) is 1.57. The Morgan fingerprint density at radius 1 is 1.14 bits per heavy atom. The van der Waals surface area contributed by atoms with Crippen molar-refractivity contribution < 1.29 is 9.21 Å². The number of carbonyl (C=O) groups is 1. The molecule has 0 bridgehead atoms. The molecule has 2 aromatic heterocycles. The molecule has 6 nitrogen and oxygen atoms in total. The number of amides is 1. The van der Waals surface area contributed by atoms with Crippen molar-refractivity contribution in [2.24, 2.45) is 0 Å². The van der Waals surface area contributed by atoms with E-state index in [9.17, 15) is 4.79 Å². The molecule has 4 rings (SSSR count). The standard InChI is InChI=1S/C22H22N4O2S/c1-3-26-21(19-12-7-13-28-19)24-25-22(26)29-14-20(27)23-15(2)17-11-6-9-16-8-4-5-10-18(16)17/h4-13,15H,3,14H2,1-2H3,(H,23,27). The predicted octanol–water partition coefficient (Wildman–Crippen LogP) is 4.68. The van der Waals surface area contributed by atoms with Crippen molar-refractivity contribution in [3.63, 3.8) is 0 Å². The number of furan rings is 1. The molecule has 1 N–H and O–H groups in total. The molecule has 7 heteroatoms. The van der Waals surface area contributed by atoms with E-state index in [1.54, 1.807) is 6.26 Å². The molecule has 29 heavy (non-hydrogen) atoms. The van der Waals surface area contributed by atoms with E-state index in [0.717, 1.165) is 10.9 Å². The van der Waals surface area contributed by atoms with Crippen LogP contribution in [-0.4, -0.2) is 26.4 Å². The summed E-state index contributed by atoms with van der Waals surface area (Å²) in [6.07, 6.45) is 1.61. The minimum atomic E-state index is -0.0862. The lowest BCUT2D eigenvalue weighted by Gasteiger charge is -2.16. The lowest BCUT2D eigenvalue weighted by Crippen LogP contribution is -2.28. The zero-order valence-electron chi connectivity index (χ0n) is 16.3. The van der Waals surface area contributed by atoms with Crippen LogP contribution in [0, 0.1) is 0 Å². The normalized spacial score (nSPS) is 12.2. The van der Waals surface area contributed by atoms with Crippen LogP contribution in [0.1, 0.15) is 25.5 Å².